The molecule has 3 aromatic rings. The van der Waals surface area contributed by atoms with E-state index < -0.39 is 10.0 Å². The first-order chi connectivity index (χ1) is 15.3. The average Bonchev–Trinajstić information content (AvgIpc) is 2.81. The highest BCUT2D eigenvalue weighted by atomic mass is 32.2. The number of sulfonamides is 1. The quantitative estimate of drug-likeness (QED) is 0.611. The molecule has 8 nitrogen and oxygen atoms in total. The molecule has 4 rings (SSSR count). The van der Waals surface area contributed by atoms with Gasteiger partial charge in [-0.1, -0.05) is 18.2 Å². The molecule has 1 aromatic heterocycles. The first-order valence-corrected chi connectivity index (χ1v) is 11.7. The lowest BCUT2D eigenvalue weighted by molar-refractivity contribution is 0.382. The van der Waals surface area contributed by atoms with Crippen LogP contribution in [0.15, 0.2) is 65.6 Å². The van der Waals surface area contributed by atoms with Gasteiger partial charge in [0, 0.05) is 52.0 Å². The van der Waals surface area contributed by atoms with Crippen LogP contribution in [0.1, 0.15) is 0 Å². The number of benzene rings is 2. The van der Waals surface area contributed by atoms with E-state index in [1.165, 1.54) is 16.4 Å². The summed E-state index contributed by atoms with van der Waals surface area (Å²) in [5, 5.41) is 3.18. The molecule has 1 N–H and O–H groups in total. The summed E-state index contributed by atoms with van der Waals surface area (Å²) in [5.74, 6) is 1.48. The Balaban J connectivity index is 1.52. The number of rotatable bonds is 6. The van der Waals surface area contributed by atoms with Crippen molar-refractivity contribution in [2.24, 2.45) is 0 Å². The second-order valence-corrected chi connectivity index (χ2v) is 9.58. The molecule has 168 valence electrons. The van der Waals surface area contributed by atoms with E-state index in [2.05, 4.69) is 15.3 Å². The van der Waals surface area contributed by atoms with Crippen molar-refractivity contribution in [2.45, 2.75) is 4.90 Å². The maximum absolute atomic E-state index is 13.2. The highest BCUT2D eigenvalue weighted by molar-refractivity contribution is 7.89. The van der Waals surface area contributed by atoms with Gasteiger partial charge in [0.05, 0.1) is 4.90 Å². The van der Waals surface area contributed by atoms with Gasteiger partial charge in [-0.25, -0.2) is 12.8 Å². The minimum absolute atomic E-state index is 0.296. The molecular formula is C22H25FN6O2S. The summed E-state index contributed by atoms with van der Waals surface area (Å²) in [5.41, 5.74) is 0.708. The Morgan fingerprint density at radius 3 is 2.22 bits per heavy atom. The fraction of sp³-hybridized carbons (Fsp3) is 0.273. The summed E-state index contributed by atoms with van der Waals surface area (Å²) in [7, 11) is 0.247. The second kappa shape index (κ2) is 9.09. The van der Waals surface area contributed by atoms with Gasteiger partial charge in [0.25, 0.3) is 0 Å². The largest absolute Gasteiger partial charge is 0.363 e. The van der Waals surface area contributed by atoms with Crippen LogP contribution in [0, 0.1) is 5.82 Å². The number of aromatic nitrogens is 2. The minimum atomic E-state index is -3.53. The van der Waals surface area contributed by atoms with E-state index in [1.807, 2.05) is 30.0 Å². The fourth-order valence-corrected chi connectivity index (χ4v) is 4.85. The van der Waals surface area contributed by atoms with Crippen LogP contribution < -0.4 is 15.1 Å². The van der Waals surface area contributed by atoms with Crippen molar-refractivity contribution in [3.63, 3.8) is 0 Å². The number of nitrogens with zero attached hydrogens (tertiary/aromatic N) is 5. The van der Waals surface area contributed by atoms with Gasteiger partial charge < -0.3 is 15.1 Å². The number of hydrogen-bond acceptors (Lipinski definition) is 7. The van der Waals surface area contributed by atoms with E-state index in [0.29, 0.717) is 54.3 Å². The van der Waals surface area contributed by atoms with Gasteiger partial charge in [0.1, 0.15) is 17.5 Å². The molecule has 0 amide bonds. The van der Waals surface area contributed by atoms with Crippen molar-refractivity contribution < 1.29 is 12.8 Å². The predicted molar refractivity (Wildman–Crippen MR) is 123 cm³/mol. The first kappa shape index (κ1) is 22.0. The molecule has 0 saturated carbocycles. The van der Waals surface area contributed by atoms with E-state index in [9.17, 15) is 12.8 Å². The molecule has 1 saturated heterocycles. The molecule has 0 bridgehead atoms. The molecule has 10 heteroatoms. The zero-order valence-electron chi connectivity index (χ0n) is 17.9. The number of nitrogens with one attached hydrogen (secondary N) is 1. The topological polar surface area (TPSA) is 81.7 Å². The van der Waals surface area contributed by atoms with Crippen molar-refractivity contribution in [2.75, 3.05) is 55.4 Å². The lowest BCUT2D eigenvalue weighted by Gasteiger charge is -2.34. The Labute approximate surface area is 187 Å². The van der Waals surface area contributed by atoms with Gasteiger partial charge in [0.2, 0.25) is 16.0 Å². The standard InChI is InChI=1S/C22H25FN6O2S/c1-27(2)21-16-20(24-18-10-8-17(23)9-11-18)25-22(26-21)28-12-14-29(15-13-28)32(30,31)19-6-4-3-5-7-19/h3-11,16H,12-15H2,1-2H3,(H,24,25,26). The molecule has 0 atom stereocenters. The molecule has 2 heterocycles. The Kier molecular flexibility index (Phi) is 6.24. The molecule has 0 aliphatic carbocycles. The molecule has 2 aromatic carbocycles. The zero-order valence-corrected chi connectivity index (χ0v) is 18.8. The van der Waals surface area contributed by atoms with E-state index in [0.717, 1.165) is 0 Å². The van der Waals surface area contributed by atoms with Crippen molar-refractivity contribution >= 4 is 33.3 Å². The van der Waals surface area contributed by atoms with Crippen LogP contribution in [0.2, 0.25) is 0 Å². The Morgan fingerprint density at radius 1 is 0.938 bits per heavy atom. The molecule has 1 aliphatic rings. The van der Waals surface area contributed by atoms with Crippen molar-refractivity contribution in [1.29, 1.82) is 0 Å². The second-order valence-electron chi connectivity index (χ2n) is 7.64. The summed E-state index contributed by atoms with van der Waals surface area (Å²) in [6.45, 7) is 1.62. The van der Waals surface area contributed by atoms with Crippen LogP contribution in [0.25, 0.3) is 0 Å². The van der Waals surface area contributed by atoms with Gasteiger partial charge >= 0.3 is 0 Å². The van der Waals surface area contributed by atoms with Gasteiger partial charge in [-0.2, -0.15) is 14.3 Å². The fourth-order valence-electron chi connectivity index (χ4n) is 3.41. The van der Waals surface area contributed by atoms with Crippen LogP contribution >= 0.6 is 0 Å². The lowest BCUT2D eigenvalue weighted by atomic mass is 10.3. The summed E-state index contributed by atoms with van der Waals surface area (Å²) in [6.07, 6.45) is 0. The summed E-state index contributed by atoms with van der Waals surface area (Å²) < 4.78 is 40.5. The van der Waals surface area contributed by atoms with Gasteiger partial charge in [-0.05, 0) is 36.4 Å². The van der Waals surface area contributed by atoms with Crippen LogP contribution in [-0.2, 0) is 10.0 Å². The van der Waals surface area contributed by atoms with E-state index in [-0.39, 0.29) is 5.82 Å². The summed E-state index contributed by atoms with van der Waals surface area (Å²) >= 11 is 0. The predicted octanol–water partition coefficient (Wildman–Crippen LogP) is 2.94. The van der Waals surface area contributed by atoms with Gasteiger partial charge in [0.15, 0.2) is 0 Å². The smallest absolute Gasteiger partial charge is 0.243 e. The minimum Gasteiger partial charge on any atom is -0.363 e. The Hall–Kier alpha value is -3.24. The van der Waals surface area contributed by atoms with E-state index in [4.69, 9.17) is 0 Å². The molecule has 0 spiro atoms. The SMILES string of the molecule is CN(C)c1cc(Nc2ccc(F)cc2)nc(N2CCN(S(=O)(=O)c3ccccc3)CC2)n1. The van der Waals surface area contributed by atoms with Crippen LogP contribution in [-0.4, -0.2) is 63.0 Å². The summed E-state index contributed by atoms with van der Waals surface area (Å²) in [6, 6.07) is 16.3. The number of anilines is 4. The lowest BCUT2D eigenvalue weighted by Crippen LogP contribution is -2.49. The highest BCUT2D eigenvalue weighted by Gasteiger charge is 2.29. The molecule has 1 fully saturated rings. The maximum Gasteiger partial charge on any atom is 0.243 e. The van der Waals surface area contributed by atoms with E-state index >= 15 is 0 Å². The van der Waals surface area contributed by atoms with Crippen molar-refractivity contribution in [1.82, 2.24) is 14.3 Å². The number of piperazine rings is 1. The highest BCUT2D eigenvalue weighted by Crippen LogP contribution is 2.24. The third-order valence-corrected chi connectivity index (χ3v) is 7.09. The first-order valence-electron chi connectivity index (χ1n) is 10.2. The Morgan fingerprint density at radius 2 is 1.59 bits per heavy atom. The van der Waals surface area contributed by atoms with Gasteiger partial charge in [-0.15, -0.1) is 0 Å². The summed E-state index contributed by atoms with van der Waals surface area (Å²) in [4.78, 5) is 13.4. The molecule has 1 aliphatic heterocycles. The molecule has 0 radical (unpaired) electrons. The van der Waals surface area contributed by atoms with Crippen LogP contribution in [0.3, 0.4) is 0 Å². The third kappa shape index (κ3) is 4.81. The number of hydrogen-bond donors (Lipinski definition) is 1. The zero-order chi connectivity index (χ0) is 22.7. The maximum atomic E-state index is 13.2. The monoisotopic (exact) mass is 456 g/mol. The molecule has 0 unspecified atom stereocenters. The van der Waals surface area contributed by atoms with Crippen LogP contribution in [0.5, 0.6) is 0 Å². The average molecular weight is 457 g/mol. The van der Waals surface area contributed by atoms with Crippen molar-refractivity contribution in [3.8, 4) is 0 Å². The normalized spacial score (nSPS) is 14.9. The van der Waals surface area contributed by atoms with Crippen molar-refractivity contribution in [3.05, 3.63) is 66.5 Å². The Bertz CT molecular complexity index is 1160. The van der Waals surface area contributed by atoms with Crippen LogP contribution in [0.4, 0.5) is 27.7 Å². The molecule has 32 heavy (non-hydrogen) atoms. The van der Waals surface area contributed by atoms with Gasteiger partial charge in [-0.3, -0.25) is 0 Å². The third-order valence-electron chi connectivity index (χ3n) is 5.18. The number of halogens is 1. The molecular weight excluding hydrogens is 431 g/mol. The van der Waals surface area contributed by atoms with E-state index in [1.54, 1.807) is 42.5 Å².